The molecule has 0 aromatic heterocycles. The summed E-state index contributed by atoms with van der Waals surface area (Å²) in [6.07, 6.45) is 3.27. The van der Waals surface area contributed by atoms with Crippen molar-refractivity contribution < 1.29 is 14.2 Å². The van der Waals surface area contributed by atoms with E-state index in [2.05, 4.69) is 21.3 Å². The first-order chi connectivity index (χ1) is 12.2. The lowest BCUT2D eigenvalue weighted by Crippen LogP contribution is -2.42. The molecular weight excluding hydrogens is 318 g/mol. The number of methoxy groups -OCH3 is 2. The Labute approximate surface area is 150 Å². The Bertz CT molecular complexity index is 612. The van der Waals surface area contributed by atoms with Crippen molar-refractivity contribution in [2.45, 2.75) is 19.3 Å². The van der Waals surface area contributed by atoms with Crippen LogP contribution in [0.5, 0.6) is 11.5 Å². The van der Waals surface area contributed by atoms with E-state index in [-0.39, 0.29) is 0 Å². The Morgan fingerprint density at radius 1 is 1.28 bits per heavy atom. The molecule has 3 rings (SSSR count). The van der Waals surface area contributed by atoms with Crippen molar-refractivity contribution in [3.05, 3.63) is 23.8 Å². The van der Waals surface area contributed by atoms with Gasteiger partial charge in [-0.15, -0.1) is 0 Å². The average molecular weight is 347 g/mol. The predicted molar refractivity (Wildman–Crippen MR) is 98.7 cm³/mol. The van der Waals surface area contributed by atoms with E-state index in [0.717, 1.165) is 56.7 Å². The van der Waals surface area contributed by atoms with E-state index in [1.54, 1.807) is 14.2 Å². The molecule has 6 heteroatoms. The van der Waals surface area contributed by atoms with Gasteiger partial charge in [0, 0.05) is 38.7 Å². The van der Waals surface area contributed by atoms with E-state index in [9.17, 15) is 0 Å². The van der Waals surface area contributed by atoms with Crippen LogP contribution in [0.1, 0.15) is 18.4 Å². The van der Waals surface area contributed by atoms with Gasteiger partial charge in [-0.1, -0.05) is 6.07 Å². The molecule has 0 radical (unpaired) electrons. The number of nitrogens with zero attached hydrogens (tertiary/aromatic N) is 2. The largest absolute Gasteiger partial charge is 0.493 e. The summed E-state index contributed by atoms with van der Waals surface area (Å²) in [6.45, 7) is 4.73. The summed E-state index contributed by atoms with van der Waals surface area (Å²) < 4.78 is 16.3. The number of benzene rings is 1. The lowest BCUT2D eigenvalue weighted by molar-refractivity contribution is 0.156. The van der Waals surface area contributed by atoms with Crippen molar-refractivity contribution >= 4 is 5.96 Å². The monoisotopic (exact) mass is 347 g/mol. The van der Waals surface area contributed by atoms with Gasteiger partial charge < -0.3 is 24.4 Å². The summed E-state index contributed by atoms with van der Waals surface area (Å²) >= 11 is 0. The van der Waals surface area contributed by atoms with E-state index in [1.165, 1.54) is 18.4 Å². The minimum absolute atomic E-state index is 0.348. The SMILES string of the molecule is CN=C(NCCc1ccc(OC)c(OC)c1)N1CCC2(CCOC2)C1. The zero-order chi connectivity index (χ0) is 17.7. The minimum Gasteiger partial charge on any atom is -0.493 e. The quantitative estimate of drug-likeness (QED) is 0.652. The van der Waals surface area contributed by atoms with Gasteiger partial charge in [0.25, 0.3) is 0 Å². The molecule has 1 aromatic carbocycles. The zero-order valence-corrected chi connectivity index (χ0v) is 15.5. The number of hydrogen-bond acceptors (Lipinski definition) is 4. The predicted octanol–water partition coefficient (Wildman–Crippen LogP) is 1.93. The topological polar surface area (TPSA) is 55.3 Å². The molecule has 1 atom stereocenters. The molecular formula is C19H29N3O3. The van der Waals surface area contributed by atoms with E-state index < -0.39 is 0 Å². The lowest BCUT2D eigenvalue weighted by Gasteiger charge is -2.25. The first-order valence-electron chi connectivity index (χ1n) is 8.94. The second-order valence-electron chi connectivity index (χ2n) is 6.89. The number of rotatable bonds is 5. The number of hydrogen-bond donors (Lipinski definition) is 1. The number of ether oxygens (including phenoxy) is 3. The molecule has 0 aliphatic carbocycles. The Morgan fingerprint density at radius 3 is 2.80 bits per heavy atom. The molecule has 25 heavy (non-hydrogen) atoms. The Morgan fingerprint density at radius 2 is 2.12 bits per heavy atom. The van der Waals surface area contributed by atoms with Gasteiger partial charge >= 0.3 is 0 Å². The fraction of sp³-hybridized carbons (Fsp3) is 0.632. The normalized spacial score (nSPS) is 23.3. The molecule has 2 aliphatic heterocycles. The third-order valence-electron chi connectivity index (χ3n) is 5.28. The van der Waals surface area contributed by atoms with Crippen molar-refractivity contribution in [1.29, 1.82) is 0 Å². The van der Waals surface area contributed by atoms with Crippen LogP contribution in [-0.4, -0.2) is 65.0 Å². The molecule has 1 unspecified atom stereocenters. The number of guanidine groups is 1. The smallest absolute Gasteiger partial charge is 0.193 e. The van der Waals surface area contributed by atoms with Crippen molar-refractivity contribution in [2.24, 2.45) is 10.4 Å². The average Bonchev–Trinajstić information content (AvgIpc) is 3.28. The van der Waals surface area contributed by atoms with Gasteiger partial charge in [0.15, 0.2) is 17.5 Å². The Hall–Kier alpha value is -1.95. The summed E-state index contributed by atoms with van der Waals surface area (Å²) in [7, 11) is 5.17. The van der Waals surface area contributed by atoms with Crippen LogP contribution in [0.15, 0.2) is 23.2 Å². The maximum absolute atomic E-state index is 5.61. The van der Waals surface area contributed by atoms with E-state index in [4.69, 9.17) is 14.2 Å². The number of aliphatic imine (C=N–C) groups is 1. The van der Waals surface area contributed by atoms with E-state index in [0.29, 0.717) is 5.41 Å². The molecule has 0 saturated carbocycles. The standard InChI is InChI=1S/C19H29N3O3/c1-20-18(22-10-7-19(13-22)8-11-25-14-19)21-9-6-15-4-5-16(23-2)17(12-15)24-3/h4-5,12H,6-11,13-14H2,1-3H3,(H,20,21). The molecule has 0 amide bonds. The molecule has 2 aliphatic rings. The van der Waals surface area contributed by atoms with Gasteiger partial charge in [-0.25, -0.2) is 0 Å². The highest BCUT2D eigenvalue weighted by Crippen LogP contribution is 2.38. The summed E-state index contributed by atoms with van der Waals surface area (Å²) in [5.41, 5.74) is 1.56. The van der Waals surface area contributed by atoms with Crippen LogP contribution in [0, 0.1) is 5.41 Å². The molecule has 2 saturated heterocycles. The van der Waals surface area contributed by atoms with Gasteiger partial charge in [0.05, 0.1) is 20.8 Å². The maximum Gasteiger partial charge on any atom is 0.193 e. The maximum atomic E-state index is 5.61. The molecule has 2 fully saturated rings. The van der Waals surface area contributed by atoms with Crippen LogP contribution in [0.25, 0.3) is 0 Å². The van der Waals surface area contributed by atoms with Crippen LogP contribution in [0.4, 0.5) is 0 Å². The lowest BCUT2D eigenvalue weighted by atomic mass is 9.87. The highest BCUT2D eigenvalue weighted by molar-refractivity contribution is 5.80. The van der Waals surface area contributed by atoms with Crippen LogP contribution in [0.3, 0.4) is 0 Å². The van der Waals surface area contributed by atoms with Crippen molar-refractivity contribution in [3.8, 4) is 11.5 Å². The Kier molecular flexibility index (Phi) is 5.68. The van der Waals surface area contributed by atoms with Gasteiger partial charge in [0.1, 0.15) is 0 Å². The molecule has 2 heterocycles. The fourth-order valence-corrected chi connectivity index (χ4v) is 3.77. The molecule has 138 valence electrons. The van der Waals surface area contributed by atoms with Gasteiger partial charge in [-0.2, -0.15) is 0 Å². The summed E-state index contributed by atoms with van der Waals surface area (Å²) in [4.78, 5) is 6.83. The molecule has 1 N–H and O–H groups in total. The van der Waals surface area contributed by atoms with Crippen LogP contribution in [0.2, 0.25) is 0 Å². The first-order valence-corrected chi connectivity index (χ1v) is 8.94. The van der Waals surface area contributed by atoms with Crippen LogP contribution >= 0.6 is 0 Å². The van der Waals surface area contributed by atoms with Crippen molar-refractivity contribution in [2.75, 3.05) is 54.1 Å². The highest BCUT2D eigenvalue weighted by atomic mass is 16.5. The van der Waals surface area contributed by atoms with E-state index in [1.807, 2.05) is 19.2 Å². The van der Waals surface area contributed by atoms with Crippen molar-refractivity contribution in [1.82, 2.24) is 10.2 Å². The summed E-state index contributed by atoms with van der Waals surface area (Å²) in [5.74, 6) is 2.52. The highest BCUT2D eigenvalue weighted by Gasteiger charge is 2.42. The van der Waals surface area contributed by atoms with Gasteiger partial charge in [-0.05, 0) is 37.0 Å². The zero-order valence-electron chi connectivity index (χ0n) is 15.5. The third-order valence-corrected chi connectivity index (χ3v) is 5.28. The first kappa shape index (κ1) is 17.9. The fourth-order valence-electron chi connectivity index (χ4n) is 3.77. The number of likely N-dealkylation sites (tertiary alicyclic amines) is 1. The van der Waals surface area contributed by atoms with E-state index >= 15 is 0 Å². The summed E-state index contributed by atoms with van der Waals surface area (Å²) in [5, 5.41) is 3.50. The number of nitrogens with one attached hydrogen (secondary N) is 1. The second kappa shape index (κ2) is 7.95. The Balaban J connectivity index is 1.52. The summed E-state index contributed by atoms with van der Waals surface area (Å²) in [6, 6.07) is 6.06. The van der Waals surface area contributed by atoms with Crippen molar-refractivity contribution in [3.63, 3.8) is 0 Å². The molecule has 1 spiro atoms. The molecule has 0 bridgehead atoms. The van der Waals surface area contributed by atoms with Crippen LogP contribution in [-0.2, 0) is 11.2 Å². The second-order valence-corrected chi connectivity index (χ2v) is 6.89. The van der Waals surface area contributed by atoms with Crippen LogP contribution < -0.4 is 14.8 Å². The molecule has 6 nitrogen and oxygen atoms in total. The minimum atomic E-state index is 0.348. The van der Waals surface area contributed by atoms with Gasteiger partial charge in [-0.3, -0.25) is 4.99 Å². The molecule has 1 aromatic rings. The van der Waals surface area contributed by atoms with Gasteiger partial charge in [0.2, 0.25) is 0 Å². The third kappa shape index (κ3) is 4.00.